The summed E-state index contributed by atoms with van der Waals surface area (Å²) in [5.74, 6) is 0.819. The number of hydrogen-bond acceptors (Lipinski definition) is 3. The second-order valence-electron chi connectivity index (χ2n) is 5.27. The smallest absolute Gasteiger partial charge is 0.251 e. The van der Waals surface area contributed by atoms with E-state index in [-0.39, 0.29) is 23.3 Å². The second kappa shape index (κ2) is 4.35. The zero-order chi connectivity index (χ0) is 12.7. The molecule has 3 rings (SSSR count). The minimum atomic E-state index is -0.261. The van der Waals surface area contributed by atoms with Crippen LogP contribution >= 0.6 is 0 Å². The van der Waals surface area contributed by atoms with Gasteiger partial charge in [-0.05, 0) is 18.4 Å². The molecule has 0 saturated carbocycles. The van der Waals surface area contributed by atoms with Gasteiger partial charge >= 0.3 is 0 Å². The minimum Gasteiger partial charge on any atom is -0.316 e. The lowest BCUT2D eigenvalue weighted by Crippen LogP contribution is -2.49. The first-order valence-electron chi connectivity index (χ1n) is 6.67. The Morgan fingerprint density at radius 2 is 2.28 bits per heavy atom. The third-order valence-electron chi connectivity index (χ3n) is 4.23. The van der Waals surface area contributed by atoms with Gasteiger partial charge in [0.05, 0.1) is 6.04 Å². The number of nitrogens with one attached hydrogen (secondary N) is 1. The molecule has 2 aliphatic heterocycles. The van der Waals surface area contributed by atoms with Crippen LogP contribution in [0.15, 0.2) is 23.0 Å². The Hall–Kier alpha value is -1.42. The Balaban J connectivity index is 2.18. The van der Waals surface area contributed by atoms with Gasteiger partial charge in [-0.2, -0.15) is 0 Å². The molecule has 1 aromatic heterocycles. The molecule has 0 aliphatic carbocycles. The number of Topliss-reactive ketones (excluding diaryl/α,β-unsaturated/α-hetero) is 1. The summed E-state index contributed by atoms with van der Waals surface area (Å²) >= 11 is 0. The van der Waals surface area contributed by atoms with Gasteiger partial charge in [0, 0.05) is 37.2 Å². The Morgan fingerprint density at radius 3 is 3.06 bits per heavy atom. The summed E-state index contributed by atoms with van der Waals surface area (Å²) in [6.45, 7) is 3.62. The van der Waals surface area contributed by atoms with E-state index in [1.165, 1.54) is 0 Å². The highest BCUT2D eigenvalue weighted by Crippen LogP contribution is 2.39. The fraction of sp³-hybridized carbons (Fsp3) is 0.571. The highest BCUT2D eigenvalue weighted by molar-refractivity contribution is 5.83. The first kappa shape index (κ1) is 11.7. The molecule has 2 aliphatic rings. The van der Waals surface area contributed by atoms with E-state index >= 15 is 0 Å². The van der Waals surface area contributed by atoms with Crippen LogP contribution in [0.1, 0.15) is 37.4 Å². The Kier molecular flexibility index (Phi) is 2.82. The molecule has 1 N–H and O–H groups in total. The fourth-order valence-electron chi connectivity index (χ4n) is 3.42. The number of carbonyl (C=O) groups is 1. The van der Waals surface area contributed by atoms with Crippen molar-refractivity contribution in [3.05, 3.63) is 34.2 Å². The number of piperidine rings is 1. The van der Waals surface area contributed by atoms with Gasteiger partial charge < -0.3 is 9.88 Å². The number of rotatable bonds is 2. The van der Waals surface area contributed by atoms with Crippen LogP contribution in [0.25, 0.3) is 0 Å². The molecule has 0 spiro atoms. The summed E-state index contributed by atoms with van der Waals surface area (Å²) < 4.78 is 1.76. The highest BCUT2D eigenvalue weighted by Gasteiger charge is 2.40. The lowest BCUT2D eigenvalue weighted by molar-refractivity contribution is -0.124. The predicted molar refractivity (Wildman–Crippen MR) is 68.8 cm³/mol. The number of aromatic nitrogens is 1. The number of fused-ring (bicyclic) bond motifs is 4. The van der Waals surface area contributed by atoms with Crippen molar-refractivity contribution in [2.24, 2.45) is 5.92 Å². The Bertz CT molecular complexity index is 535. The van der Waals surface area contributed by atoms with Crippen LogP contribution < -0.4 is 10.9 Å². The molecule has 3 atom stereocenters. The topological polar surface area (TPSA) is 51.1 Å². The Labute approximate surface area is 106 Å². The van der Waals surface area contributed by atoms with Crippen molar-refractivity contribution in [3.8, 4) is 0 Å². The first-order chi connectivity index (χ1) is 8.72. The molecule has 3 heterocycles. The van der Waals surface area contributed by atoms with Crippen molar-refractivity contribution >= 4 is 5.78 Å². The molecule has 4 heteroatoms. The SMILES string of the molecule is CCC(=O)[C@H]1C2CNCC(C2)c2cccc(=O)n21. The van der Waals surface area contributed by atoms with Gasteiger partial charge in [0.15, 0.2) is 5.78 Å². The van der Waals surface area contributed by atoms with Crippen LogP contribution in [-0.4, -0.2) is 23.4 Å². The molecular formula is C14H18N2O2. The van der Waals surface area contributed by atoms with Crippen molar-refractivity contribution in [3.63, 3.8) is 0 Å². The summed E-state index contributed by atoms with van der Waals surface area (Å²) in [6, 6.07) is 5.10. The van der Waals surface area contributed by atoms with Crippen molar-refractivity contribution in [1.29, 1.82) is 0 Å². The maximum atomic E-state index is 12.2. The molecule has 0 aromatic carbocycles. The summed E-state index contributed by atoms with van der Waals surface area (Å²) in [7, 11) is 0. The Morgan fingerprint density at radius 1 is 1.44 bits per heavy atom. The molecule has 18 heavy (non-hydrogen) atoms. The zero-order valence-corrected chi connectivity index (χ0v) is 10.6. The van der Waals surface area contributed by atoms with E-state index < -0.39 is 0 Å². The molecule has 96 valence electrons. The van der Waals surface area contributed by atoms with Crippen molar-refractivity contribution < 1.29 is 4.79 Å². The zero-order valence-electron chi connectivity index (χ0n) is 10.6. The monoisotopic (exact) mass is 246 g/mol. The largest absolute Gasteiger partial charge is 0.316 e. The van der Waals surface area contributed by atoms with E-state index in [4.69, 9.17) is 0 Å². The number of pyridine rings is 1. The maximum absolute atomic E-state index is 12.2. The molecule has 1 aromatic rings. The number of hydrogen-bond donors (Lipinski definition) is 1. The maximum Gasteiger partial charge on any atom is 0.251 e. The quantitative estimate of drug-likeness (QED) is 0.849. The van der Waals surface area contributed by atoms with Gasteiger partial charge in [0.1, 0.15) is 0 Å². The van der Waals surface area contributed by atoms with Gasteiger partial charge in [0.2, 0.25) is 0 Å². The molecule has 2 unspecified atom stereocenters. The van der Waals surface area contributed by atoms with Crippen LogP contribution in [0.4, 0.5) is 0 Å². The third kappa shape index (κ3) is 1.63. The first-order valence-corrected chi connectivity index (χ1v) is 6.67. The van der Waals surface area contributed by atoms with E-state index in [2.05, 4.69) is 5.32 Å². The number of nitrogens with zero attached hydrogens (tertiary/aromatic N) is 1. The van der Waals surface area contributed by atoms with Crippen LogP contribution in [-0.2, 0) is 4.79 Å². The van der Waals surface area contributed by atoms with Crippen LogP contribution in [0.5, 0.6) is 0 Å². The summed E-state index contributed by atoms with van der Waals surface area (Å²) in [5.41, 5.74) is 0.994. The molecule has 1 fully saturated rings. The second-order valence-corrected chi connectivity index (χ2v) is 5.27. The van der Waals surface area contributed by atoms with Gasteiger partial charge in [-0.25, -0.2) is 0 Å². The third-order valence-corrected chi connectivity index (χ3v) is 4.23. The number of carbonyl (C=O) groups excluding carboxylic acids is 1. The van der Waals surface area contributed by atoms with Crippen molar-refractivity contribution in [2.75, 3.05) is 13.1 Å². The molecule has 4 nitrogen and oxygen atoms in total. The number of ketones is 1. The van der Waals surface area contributed by atoms with Crippen molar-refractivity contribution in [2.45, 2.75) is 31.7 Å². The van der Waals surface area contributed by atoms with Gasteiger partial charge in [-0.1, -0.05) is 13.0 Å². The normalized spacial score (nSPS) is 29.7. The van der Waals surface area contributed by atoms with Gasteiger partial charge in [0.25, 0.3) is 5.56 Å². The summed E-state index contributed by atoms with van der Waals surface area (Å²) in [5, 5.41) is 3.39. The van der Waals surface area contributed by atoms with E-state index in [0.717, 1.165) is 25.2 Å². The lowest BCUT2D eigenvalue weighted by Gasteiger charge is -2.42. The van der Waals surface area contributed by atoms with Crippen LogP contribution in [0, 0.1) is 5.92 Å². The predicted octanol–water partition coefficient (Wildman–Crippen LogP) is 1.08. The summed E-state index contributed by atoms with van der Waals surface area (Å²) in [4.78, 5) is 24.3. The van der Waals surface area contributed by atoms with E-state index in [1.54, 1.807) is 16.7 Å². The highest BCUT2D eigenvalue weighted by atomic mass is 16.1. The average Bonchev–Trinajstić information content (AvgIpc) is 2.40. The molecule has 0 amide bonds. The summed E-state index contributed by atoms with van der Waals surface area (Å²) in [6.07, 6.45) is 1.51. The van der Waals surface area contributed by atoms with Crippen LogP contribution in [0.2, 0.25) is 0 Å². The molecule has 2 bridgehead atoms. The van der Waals surface area contributed by atoms with Gasteiger partial charge in [-0.3, -0.25) is 9.59 Å². The average molecular weight is 246 g/mol. The molecule has 1 saturated heterocycles. The lowest BCUT2D eigenvalue weighted by atomic mass is 9.77. The minimum absolute atomic E-state index is 0.0316. The van der Waals surface area contributed by atoms with E-state index in [1.807, 2.05) is 13.0 Å². The molecule has 0 radical (unpaired) electrons. The molecular weight excluding hydrogens is 228 g/mol. The fourth-order valence-corrected chi connectivity index (χ4v) is 3.42. The van der Waals surface area contributed by atoms with E-state index in [9.17, 15) is 9.59 Å². The van der Waals surface area contributed by atoms with Crippen LogP contribution in [0.3, 0.4) is 0 Å². The standard InChI is InChI=1S/C14H18N2O2/c1-2-12(17)14-10-6-9(7-15-8-10)11-4-3-5-13(18)16(11)14/h3-5,9-10,14-15H,2,6-8H2,1H3/t9?,10?,14-/m1/s1. The van der Waals surface area contributed by atoms with E-state index in [0.29, 0.717) is 12.3 Å². The van der Waals surface area contributed by atoms with Gasteiger partial charge in [-0.15, -0.1) is 0 Å². The van der Waals surface area contributed by atoms with Crippen molar-refractivity contribution in [1.82, 2.24) is 9.88 Å².